The molecule has 3 nitrogen and oxygen atoms in total. The largest absolute Gasteiger partial charge is 0.256 e. The molecule has 0 unspecified atom stereocenters. The monoisotopic (exact) mass is 589 g/mol. The number of nitrogens with zero attached hydrogens (tertiary/aromatic N) is 3. The standard InChI is InChI=1S/C40H39N3Si/c1-27(2)44(28(3)4,29(5)6)24-21-30-17-19-31(20-18-30)34-25-37(35-15-7-11-32-13-9-22-41-39(32)35)43-38(26-34)36-16-8-12-33-14-10-23-42-40(33)36/h7-20,22-23,25-29H,1-6H3. The highest BCUT2D eigenvalue weighted by atomic mass is 28.3. The number of pyridine rings is 3. The highest BCUT2D eigenvalue weighted by molar-refractivity contribution is 6.90. The summed E-state index contributed by atoms with van der Waals surface area (Å²) in [5.41, 5.74) is 14.7. The Hall–Kier alpha value is -4.59. The Labute approximate surface area is 262 Å². The van der Waals surface area contributed by atoms with E-state index in [0.29, 0.717) is 16.6 Å². The summed E-state index contributed by atoms with van der Waals surface area (Å²) in [6.07, 6.45) is 3.70. The van der Waals surface area contributed by atoms with Gasteiger partial charge in [0.25, 0.3) is 0 Å². The van der Waals surface area contributed by atoms with Crippen LogP contribution in [-0.2, 0) is 0 Å². The number of aromatic nitrogens is 3. The van der Waals surface area contributed by atoms with E-state index in [1.165, 1.54) is 0 Å². The molecule has 4 heteroatoms. The molecule has 0 aliphatic rings. The summed E-state index contributed by atoms with van der Waals surface area (Å²) in [6.45, 7) is 14.2. The van der Waals surface area contributed by atoms with Gasteiger partial charge in [0.05, 0.1) is 22.4 Å². The fourth-order valence-corrected chi connectivity index (χ4v) is 12.2. The first-order valence-electron chi connectivity index (χ1n) is 15.6. The van der Waals surface area contributed by atoms with E-state index in [1.54, 1.807) is 0 Å². The van der Waals surface area contributed by atoms with Gasteiger partial charge in [-0.15, -0.1) is 5.54 Å². The Bertz CT molecular complexity index is 1880. The van der Waals surface area contributed by atoms with Crippen molar-refractivity contribution in [3.63, 3.8) is 0 Å². The molecule has 218 valence electrons. The van der Waals surface area contributed by atoms with Crippen molar-refractivity contribution in [2.45, 2.75) is 58.2 Å². The molecule has 0 amide bonds. The number of fused-ring (bicyclic) bond motifs is 2. The number of para-hydroxylation sites is 2. The van der Waals surface area contributed by atoms with Gasteiger partial charge in [0.15, 0.2) is 0 Å². The van der Waals surface area contributed by atoms with Crippen LogP contribution < -0.4 is 0 Å². The molecule has 0 bridgehead atoms. The van der Waals surface area contributed by atoms with E-state index < -0.39 is 8.07 Å². The Morgan fingerprint density at radius 2 is 1.02 bits per heavy atom. The van der Waals surface area contributed by atoms with Crippen LogP contribution in [0.25, 0.3) is 55.4 Å². The summed E-state index contributed by atoms with van der Waals surface area (Å²) in [5, 5.41) is 2.19. The molecule has 0 saturated carbocycles. The highest BCUT2D eigenvalue weighted by Gasteiger charge is 2.41. The van der Waals surface area contributed by atoms with E-state index in [4.69, 9.17) is 15.0 Å². The van der Waals surface area contributed by atoms with Crippen LogP contribution >= 0.6 is 0 Å². The molecule has 0 saturated heterocycles. The molecule has 3 heterocycles. The van der Waals surface area contributed by atoms with E-state index in [1.807, 2.05) is 24.5 Å². The topological polar surface area (TPSA) is 38.7 Å². The van der Waals surface area contributed by atoms with Crippen LogP contribution in [0.3, 0.4) is 0 Å². The van der Waals surface area contributed by atoms with Gasteiger partial charge in [-0.3, -0.25) is 9.97 Å². The Morgan fingerprint density at radius 3 is 1.50 bits per heavy atom. The van der Waals surface area contributed by atoms with Crippen LogP contribution in [0.1, 0.15) is 47.1 Å². The summed E-state index contributed by atoms with van der Waals surface area (Å²) in [4.78, 5) is 14.7. The summed E-state index contributed by atoms with van der Waals surface area (Å²) in [7, 11) is -1.80. The Morgan fingerprint density at radius 1 is 0.545 bits per heavy atom. The molecule has 44 heavy (non-hydrogen) atoms. The first-order chi connectivity index (χ1) is 21.3. The molecule has 3 aromatic heterocycles. The van der Waals surface area contributed by atoms with Gasteiger partial charge in [-0.05, 0) is 64.1 Å². The molecular formula is C40H39N3Si. The predicted molar refractivity (Wildman–Crippen MR) is 189 cm³/mol. The number of hydrogen-bond donors (Lipinski definition) is 0. The van der Waals surface area contributed by atoms with Gasteiger partial charge in [-0.25, -0.2) is 4.98 Å². The van der Waals surface area contributed by atoms with E-state index in [0.717, 1.165) is 61.0 Å². The summed E-state index contributed by atoms with van der Waals surface area (Å²) < 4.78 is 0. The summed E-state index contributed by atoms with van der Waals surface area (Å²) in [6, 6.07) is 33.8. The number of rotatable bonds is 6. The molecule has 0 aliphatic carbocycles. The zero-order chi connectivity index (χ0) is 30.8. The fraction of sp³-hybridized carbons (Fsp3) is 0.225. The molecule has 6 rings (SSSR count). The second-order valence-electron chi connectivity index (χ2n) is 12.6. The summed E-state index contributed by atoms with van der Waals surface area (Å²) in [5.74, 6) is 3.61. The van der Waals surface area contributed by atoms with Crippen molar-refractivity contribution in [1.82, 2.24) is 15.0 Å². The van der Waals surface area contributed by atoms with Gasteiger partial charge in [-0.1, -0.05) is 108 Å². The maximum absolute atomic E-state index is 5.23. The van der Waals surface area contributed by atoms with Gasteiger partial charge in [-0.2, -0.15) is 0 Å². The van der Waals surface area contributed by atoms with Crippen molar-refractivity contribution >= 4 is 29.9 Å². The van der Waals surface area contributed by atoms with E-state index in [9.17, 15) is 0 Å². The Balaban J connectivity index is 1.49. The van der Waals surface area contributed by atoms with Crippen molar-refractivity contribution in [3.05, 3.63) is 115 Å². The average molecular weight is 590 g/mol. The quantitative estimate of drug-likeness (QED) is 0.143. The minimum atomic E-state index is -1.80. The molecule has 0 spiro atoms. The maximum atomic E-state index is 5.23. The molecule has 6 aromatic rings. The molecule has 3 aromatic carbocycles. The Kier molecular flexibility index (Phi) is 8.16. The van der Waals surface area contributed by atoms with Crippen LogP contribution in [0.2, 0.25) is 16.6 Å². The first kappa shape index (κ1) is 29.5. The lowest BCUT2D eigenvalue weighted by Crippen LogP contribution is -2.43. The molecular weight excluding hydrogens is 551 g/mol. The van der Waals surface area contributed by atoms with Gasteiger partial charge < -0.3 is 0 Å². The summed E-state index contributed by atoms with van der Waals surface area (Å²) >= 11 is 0. The molecule has 0 aliphatic heterocycles. The minimum absolute atomic E-state index is 0.607. The number of benzene rings is 3. The maximum Gasteiger partial charge on any atom is 0.146 e. The lowest BCUT2D eigenvalue weighted by molar-refractivity contribution is 0.838. The third-order valence-electron chi connectivity index (χ3n) is 9.15. The second-order valence-corrected chi connectivity index (χ2v) is 18.2. The smallest absolute Gasteiger partial charge is 0.146 e. The lowest BCUT2D eigenvalue weighted by atomic mass is 9.97. The van der Waals surface area contributed by atoms with Gasteiger partial charge in [0, 0.05) is 39.9 Å². The van der Waals surface area contributed by atoms with Crippen molar-refractivity contribution in [3.8, 4) is 45.1 Å². The third kappa shape index (κ3) is 5.45. The lowest BCUT2D eigenvalue weighted by Gasteiger charge is -2.38. The average Bonchev–Trinajstić information content (AvgIpc) is 3.04. The predicted octanol–water partition coefficient (Wildman–Crippen LogP) is 10.7. The van der Waals surface area contributed by atoms with Gasteiger partial charge >= 0.3 is 0 Å². The van der Waals surface area contributed by atoms with Crippen molar-refractivity contribution in [2.75, 3.05) is 0 Å². The van der Waals surface area contributed by atoms with Crippen LogP contribution in [0, 0.1) is 11.5 Å². The molecule has 0 N–H and O–H groups in total. The van der Waals surface area contributed by atoms with Gasteiger partial charge in [0.1, 0.15) is 8.07 Å². The molecule has 0 atom stereocenters. The highest BCUT2D eigenvalue weighted by Crippen LogP contribution is 2.41. The van der Waals surface area contributed by atoms with E-state index in [2.05, 4.69) is 138 Å². The van der Waals surface area contributed by atoms with Crippen LogP contribution in [-0.4, -0.2) is 23.0 Å². The van der Waals surface area contributed by atoms with Crippen molar-refractivity contribution < 1.29 is 0 Å². The van der Waals surface area contributed by atoms with Gasteiger partial charge in [0.2, 0.25) is 0 Å². The normalized spacial score (nSPS) is 11.8. The molecule has 0 radical (unpaired) electrons. The zero-order valence-corrected chi connectivity index (χ0v) is 27.5. The van der Waals surface area contributed by atoms with Crippen molar-refractivity contribution in [1.29, 1.82) is 0 Å². The third-order valence-corrected chi connectivity index (χ3v) is 15.4. The number of hydrogen-bond acceptors (Lipinski definition) is 3. The van der Waals surface area contributed by atoms with E-state index in [-0.39, 0.29) is 0 Å². The van der Waals surface area contributed by atoms with Crippen LogP contribution in [0.15, 0.2) is 109 Å². The van der Waals surface area contributed by atoms with Crippen LogP contribution in [0.4, 0.5) is 0 Å². The van der Waals surface area contributed by atoms with Crippen LogP contribution in [0.5, 0.6) is 0 Å². The fourth-order valence-electron chi connectivity index (χ4n) is 6.95. The molecule has 0 fully saturated rings. The second kappa shape index (κ2) is 12.2. The first-order valence-corrected chi connectivity index (χ1v) is 17.8. The SMILES string of the molecule is CC(C)[Si](C#Cc1ccc(-c2cc(-c3cccc4cccnc34)nc(-c3cccc4cccnc34)c2)cc1)(C(C)C)C(C)C. The van der Waals surface area contributed by atoms with E-state index >= 15 is 0 Å². The zero-order valence-electron chi connectivity index (χ0n) is 26.5. The van der Waals surface area contributed by atoms with Crippen molar-refractivity contribution in [2.24, 2.45) is 0 Å². The minimum Gasteiger partial charge on any atom is -0.256 e.